The number of hydrogen-bond donors (Lipinski definition) is 0. The average molecular weight is 493 g/mol. The van der Waals surface area contributed by atoms with E-state index < -0.39 is 9.84 Å². The van der Waals surface area contributed by atoms with Gasteiger partial charge < -0.3 is 19.3 Å². The molecule has 1 spiro atoms. The number of rotatable bonds is 9. The summed E-state index contributed by atoms with van der Waals surface area (Å²) in [5.41, 5.74) is 4.91. The van der Waals surface area contributed by atoms with E-state index >= 15 is 0 Å². The highest BCUT2D eigenvalue weighted by molar-refractivity contribution is 7.90. The van der Waals surface area contributed by atoms with Gasteiger partial charge in [-0.05, 0) is 34.9 Å². The number of hydrogen-bond acceptors (Lipinski definition) is 6. The second-order valence-electron chi connectivity index (χ2n) is 9.78. The Kier molecular flexibility index (Phi) is 6.47. The predicted octanol–water partition coefficient (Wildman–Crippen LogP) is 3.89. The summed E-state index contributed by atoms with van der Waals surface area (Å²) in [5.74, 6) is 1.92. The standard InChI is InChI=1S/C28H32N2O4S/c1-33-24-10-8-22(9-11-24)17-30-21-28(19-29(20-28)14-15-35(2,31)32)26-13-12-25(16-27(26)30)34-18-23-6-4-3-5-7-23/h3-13,16H,14-15,17-21H2,1-2H3. The van der Waals surface area contributed by atoms with Gasteiger partial charge in [-0.3, -0.25) is 0 Å². The number of fused-ring (bicyclic) bond motifs is 2. The van der Waals surface area contributed by atoms with Crippen molar-refractivity contribution in [3.8, 4) is 11.5 Å². The third-order valence-corrected chi connectivity index (χ3v) is 7.91. The van der Waals surface area contributed by atoms with Crippen molar-refractivity contribution in [2.75, 3.05) is 50.2 Å². The topological polar surface area (TPSA) is 59.1 Å². The first-order valence-electron chi connectivity index (χ1n) is 11.9. The van der Waals surface area contributed by atoms with Crippen molar-refractivity contribution in [3.05, 3.63) is 89.5 Å². The third kappa shape index (κ3) is 5.31. The van der Waals surface area contributed by atoms with Crippen LogP contribution in [0.1, 0.15) is 16.7 Å². The second kappa shape index (κ2) is 9.55. The van der Waals surface area contributed by atoms with Crippen molar-refractivity contribution < 1.29 is 17.9 Å². The van der Waals surface area contributed by atoms with Gasteiger partial charge in [0.05, 0.1) is 12.9 Å². The van der Waals surface area contributed by atoms with Crippen LogP contribution in [0.2, 0.25) is 0 Å². The lowest BCUT2D eigenvalue weighted by molar-refractivity contribution is 0.0824. The third-order valence-electron chi connectivity index (χ3n) is 6.99. The Morgan fingerprint density at radius 1 is 0.886 bits per heavy atom. The van der Waals surface area contributed by atoms with E-state index in [1.54, 1.807) is 7.11 Å². The SMILES string of the molecule is COc1ccc(CN2CC3(CN(CCS(C)(=O)=O)C3)c3ccc(OCc4ccccc4)cc32)cc1. The highest BCUT2D eigenvalue weighted by Gasteiger charge is 2.50. The lowest BCUT2D eigenvalue weighted by Gasteiger charge is -2.48. The molecule has 1 saturated heterocycles. The van der Waals surface area contributed by atoms with Crippen LogP contribution in [0.5, 0.6) is 11.5 Å². The first-order valence-corrected chi connectivity index (χ1v) is 14.0. The smallest absolute Gasteiger partial charge is 0.148 e. The number of anilines is 1. The first-order chi connectivity index (χ1) is 16.8. The van der Waals surface area contributed by atoms with Crippen LogP contribution in [0.4, 0.5) is 5.69 Å². The summed E-state index contributed by atoms with van der Waals surface area (Å²) in [6.45, 7) is 4.57. The van der Waals surface area contributed by atoms with Crippen LogP contribution in [0.15, 0.2) is 72.8 Å². The minimum Gasteiger partial charge on any atom is -0.497 e. The molecule has 6 nitrogen and oxygen atoms in total. The molecule has 2 aliphatic heterocycles. The van der Waals surface area contributed by atoms with Gasteiger partial charge in [0.2, 0.25) is 0 Å². The van der Waals surface area contributed by atoms with Crippen LogP contribution < -0.4 is 14.4 Å². The molecule has 5 rings (SSSR count). The molecular weight excluding hydrogens is 460 g/mol. The predicted molar refractivity (Wildman–Crippen MR) is 139 cm³/mol. The van der Waals surface area contributed by atoms with Gasteiger partial charge in [0.1, 0.15) is 27.9 Å². The molecule has 0 bridgehead atoms. The Morgan fingerprint density at radius 2 is 1.60 bits per heavy atom. The Labute approximate surface area is 208 Å². The van der Waals surface area contributed by atoms with Gasteiger partial charge in [-0.1, -0.05) is 48.5 Å². The average Bonchev–Trinajstić information content (AvgIpc) is 3.15. The molecule has 35 heavy (non-hydrogen) atoms. The molecule has 0 unspecified atom stereocenters. The maximum Gasteiger partial charge on any atom is 0.148 e. The Morgan fingerprint density at radius 3 is 2.29 bits per heavy atom. The molecular formula is C28H32N2O4S. The van der Waals surface area contributed by atoms with E-state index in [9.17, 15) is 8.42 Å². The van der Waals surface area contributed by atoms with Crippen LogP contribution in [-0.4, -0.2) is 58.6 Å². The van der Waals surface area contributed by atoms with E-state index in [1.807, 2.05) is 30.3 Å². The van der Waals surface area contributed by atoms with Gasteiger partial charge in [0, 0.05) is 56.1 Å². The van der Waals surface area contributed by atoms with E-state index in [1.165, 1.54) is 23.1 Å². The monoisotopic (exact) mass is 492 g/mol. The van der Waals surface area contributed by atoms with Crippen molar-refractivity contribution in [1.29, 1.82) is 0 Å². The Balaban J connectivity index is 1.36. The fourth-order valence-corrected chi connectivity index (χ4v) is 5.80. The molecule has 2 aliphatic rings. The fraction of sp³-hybridized carbons (Fsp3) is 0.357. The van der Waals surface area contributed by atoms with Crippen molar-refractivity contribution in [3.63, 3.8) is 0 Å². The van der Waals surface area contributed by atoms with E-state index in [-0.39, 0.29) is 11.2 Å². The molecule has 0 amide bonds. The lowest BCUT2D eigenvalue weighted by Crippen LogP contribution is -2.61. The van der Waals surface area contributed by atoms with Gasteiger partial charge in [0.15, 0.2) is 0 Å². The number of methoxy groups -OCH3 is 1. The number of sulfone groups is 1. The number of benzene rings is 3. The van der Waals surface area contributed by atoms with E-state index in [0.29, 0.717) is 13.2 Å². The zero-order valence-electron chi connectivity index (χ0n) is 20.3. The summed E-state index contributed by atoms with van der Waals surface area (Å²) in [6, 6.07) is 24.8. The van der Waals surface area contributed by atoms with Gasteiger partial charge in [-0.2, -0.15) is 0 Å². The van der Waals surface area contributed by atoms with Gasteiger partial charge in [-0.25, -0.2) is 8.42 Å². The quantitative estimate of drug-likeness (QED) is 0.452. The largest absolute Gasteiger partial charge is 0.497 e. The zero-order chi connectivity index (χ0) is 24.5. The van der Waals surface area contributed by atoms with Crippen LogP contribution in [0, 0.1) is 0 Å². The maximum atomic E-state index is 11.6. The number of nitrogens with zero attached hydrogens (tertiary/aromatic N) is 2. The highest BCUT2D eigenvalue weighted by Crippen LogP contribution is 2.48. The molecule has 0 aromatic heterocycles. The van der Waals surface area contributed by atoms with Gasteiger partial charge in [0.25, 0.3) is 0 Å². The summed E-state index contributed by atoms with van der Waals surface area (Å²) >= 11 is 0. The molecule has 184 valence electrons. The fourth-order valence-electron chi connectivity index (χ4n) is 5.21. The van der Waals surface area contributed by atoms with Crippen LogP contribution in [0.3, 0.4) is 0 Å². The molecule has 0 saturated carbocycles. The van der Waals surface area contributed by atoms with E-state index in [0.717, 1.165) is 43.2 Å². The summed E-state index contributed by atoms with van der Waals surface area (Å²) in [7, 11) is -1.28. The van der Waals surface area contributed by atoms with Crippen LogP contribution >= 0.6 is 0 Å². The Bertz CT molecular complexity index is 1270. The maximum absolute atomic E-state index is 11.6. The molecule has 3 aromatic rings. The molecule has 0 atom stereocenters. The highest BCUT2D eigenvalue weighted by atomic mass is 32.2. The Hall–Kier alpha value is -3.03. The second-order valence-corrected chi connectivity index (χ2v) is 12.0. The minimum atomic E-state index is -2.96. The summed E-state index contributed by atoms with van der Waals surface area (Å²) in [6.07, 6.45) is 1.31. The molecule has 1 fully saturated rings. The zero-order valence-corrected chi connectivity index (χ0v) is 21.1. The van der Waals surface area contributed by atoms with Crippen LogP contribution in [0.25, 0.3) is 0 Å². The minimum absolute atomic E-state index is 0.0251. The van der Waals surface area contributed by atoms with Crippen LogP contribution in [-0.2, 0) is 28.4 Å². The molecule has 3 aromatic carbocycles. The molecule has 2 heterocycles. The van der Waals surface area contributed by atoms with E-state index in [2.05, 4.69) is 52.3 Å². The van der Waals surface area contributed by atoms with Crippen molar-refractivity contribution >= 4 is 15.5 Å². The van der Waals surface area contributed by atoms with E-state index in [4.69, 9.17) is 9.47 Å². The van der Waals surface area contributed by atoms with Crippen molar-refractivity contribution in [2.24, 2.45) is 0 Å². The molecule has 0 radical (unpaired) electrons. The first kappa shape index (κ1) is 23.7. The summed E-state index contributed by atoms with van der Waals surface area (Å²) < 4.78 is 34.7. The van der Waals surface area contributed by atoms with Crippen molar-refractivity contribution in [1.82, 2.24) is 4.90 Å². The van der Waals surface area contributed by atoms with Crippen molar-refractivity contribution in [2.45, 2.75) is 18.6 Å². The normalized spacial score (nSPS) is 16.7. The molecule has 0 N–H and O–H groups in total. The molecule has 7 heteroatoms. The van der Waals surface area contributed by atoms with Gasteiger partial charge >= 0.3 is 0 Å². The molecule has 0 aliphatic carbocycles. The summed E-state index contributed by atoms with van der Waals surface area (Å²) in [5, 5.41) is 0. The summed E-state index contributed by atoms with van der Waals surface area (Å²) in [4.78, 5) is 4.68. The number of likely N-dealkylation sites (tertiary alicyclic amines) is 1. The van der Waals surface area contributed by atoms with Gasteiger partial charge in [-0.15, -0.1) is 0 Å². The number of ether oxygens (including phenoxy) is 2. The lowest BCUT2D eigenvalue weighted by atomic mass is 9.75.